The second-order valence-electron chi connectivity index (χ2n) is 12.3. The second-order valence-corrected chi connectivity index (χ2v) is 12.3. The molecule has 0 bridgehead atoms. The number of carbonyl (C=O) groups is 4. The van der Waals surface area contributed by atoms with Crippen molar-refractivity contribution in [2.45, 2.75) is 112 Å². The highest BCUT2D eigenvalue weighted by molar-refractivity contribution is 5.93. The number of nitrogens with one attached hydrogen (secondary N) is 2. The summed E-state index contributed by atoms with van der Waals surface area (Å²) < 4.78 is 10.4. The predicted molar refractivity (Wildman–Crippen MR) is 152 cm³/mol. The van der Waals surface area contributed by atoms with E-state index in [2.05, 4.69) is 10.6 Å². The molecule has 39 heavy (non-hydrogen) atoms. The summed E-state index contributed by atoms with van der Waals surface area (Å²) >= 11 is 0. The SMILES string of the molecule is CCOC(=O)CCNC(=O)C(c1c(C)cccc1C)N(C(=O)C(CC(C)C)NC(=O)OC(C)(C)C)C(C)(C)C. The molecule has 0 radical (unpaired) electrons. The first kappa shape index (κ1) is 33.9. The van der Waals surface area contributed by atoms with E-state index >= 15 is 0 Å². The van der Waals surface area contributed by atoms with Gasteiger partial charge in [-0.3, -0.25) is 14.4 Å². The topological polar surface area (TPSA) is 114 Å². The Kier molecular flexibility index (Phi) is 12.5. The Hall–Kier alpha value is -3.10. The summed E-state index contributed by atoms with van der Waals surface area (Å²) in [6.07, 6.45) is -0.328. The quantitative estimate of drug-likeness (QED) is 0.378. The van der Waals surface area contributed by atoms with Crippen LogP contribution in [0.2, 0.25) is 0 Å². The van der Waals surface area contributed by atoms with E-state index in [9.17, 15) is 19.2 Å². The molecular formula is C30H49N3O6. The third-order valence-corrected chi connectivity index (χ3v) is 5.91. The molecule has 0 spiro atoms. The summed E-state index contributed by atoms with van der Waals surface area (Å²) in [5, 5.41) is 5.60. The molecule has 2 unspecified atom stereocenters. The molecule has 0 saturated carbocycles. The van der Waals surface area contributed by atoms with E-state index in [1.165, 1.54) is 0 Å². The Labute approximate surface area is 234 Å². The summed E-state index contributed by atoms with van der Waals surface area (Å²) in [6.45, 7) is 20.6. The fraction of sp³-hybridized carbons (Fsp3) is 0.667. The van der Waals surface area contributed by atoms with Gasteiger partial charge in [0.25, 0.3) is 0 Å². The van der Waals surface area contributed by atoms with Crippen molar-refractivity contribution in [3.05, 3.63) is 34.9 Å². The van der Waals surface area contributed by atoms with E-state index in [-0.39, 0.29) is 25.5 Å². The van der Waals surface area contributed by atoms with Gasteiger partial charge in [-0.05, 0) is 91.3 Å². The molecule has 9 heteroatoms. The predicted octanol–water partition coefficient (Wildman–Crippen LogP) is 4.98. The largest absolute Gasteiger partial charge is 0.466 e. The number of ether oxygens (including phenoxy) is 2. The highest BCUT2D eigenvalue weighted by Gasteiger charge is 2.43. The Morgan fingerprint density at radius 3 is 2.00 bits per heavy atom. The third-order valence-electron chi connectivity index (χ3n) is 5.91. The number of amides is 3. The van der Waals surface area contributed by atoms with Gasteiger partial charge >= 0.3 is 12.1 Å². The van der Waals surface area contributed by atoms with Crippen LogP contribution in [-0.2, 0) is 23.9 Å². The van der Waals surface area contributed by atoms with Crippen molar-refractivity contribution < 1.29 is 28.7 Å². The zero-order chi connectivity index (χ0) is 30.1. The summed E-state index contributed by atoms with van der Waals surface area (Å²) in [5.74, 6) is -1.15. The Morgan fingerprint density at radius 1 is 0.974 bits per heavy atom. The molecule has 1 rings (SSSR count). The van der Waals surface area contributed by atoms with Crippen LogP contribution in [-0.4, -0.2) is 59.1 Å². The molecule has 0 fully saturated rings. The van der Waals surface area contributed by atoms with Gasteiger partial charge in [0.05, 0.1) is 13.0 Å². The maximum atomic E-state index is 14.3. The Morgan fingerprint density at radius 2 is 1.54 bits per heavy atom. The molecule has 0 aliphatic rings. The molecule has 0 aliphatic heterocycles. The van der Waals surface area contributed by atoms with Crippen LogP contribution in [0.4, 0.5) is 4.79 Å². The second kappa shape index (κ2) is 14.3. The lowest BCUT2D eigenvalue weighted by molar-refractivity contribution is -0.149. The zero-order valence-electron chi connectivity index (χ0n) is 25.7. The average Bonchev–Trinajstić information content (AvgIpc) is 2.75. The maximum absolute atomic E-state index is 14.3. The van der Waals surface area contributed by atoms with E-state index in [4.69, 9.17) is 9.47 Å². The van der Waals surface area contributed by atoms with Crippen molar-refractivity contribution in [2.75, 3.05) is 13.2 Å². The van der Waals surface area contributed by atoms with E-state index < -0.39 is 47.1 Å². The van der Waals surface area contributed by atoms with Crippen LogP contribution in [0, 0.1) is 19.8 Å². The number of alkyl carbamates (subject to hydrolysis) is 1. The number of hydrogen-bond donors (Lipinski definition) is 2. The van der Waals surface area contributed by atoms with Gasteiger partial charge in [-0.1, -0.05) is 32.0 Å². The smallest absolute Gasteiger partial charge is 0.408 e. The normalized spacial score (nSPS) is 13.3. The van der Waals surface area contributed by atoms with E-state index in [1.54, 1.807) is 32.6 Å². The highest BCUT2D eigenvalue weighted by Crippen LogP contribution is 2.34. The van der Waals surface area contributed by atoms with Crippen molar-refractivity contribution in [3.63, 3.8) is 0 Å². The summed E-state index contributed by atoms with van der Waals surface area (Å²) in [7, 11) is 0. The fourth-order valence-corrected chi connectivity index (χ4v) is 4.41. The van der Waals surface area contributed by atoms with Crippen LogP contribution in [0.1, 0.15) is 97.9 Å². The number of esters is 1. The van der Waals surface area contributed by atoms with Gasteiger partial charge in [0.15, 0.2) is 0 Å². The zero-order valence-corrected chi connectivity index (χ0v) is 25.7. The average molecular weight is 548 g/mol. The first-order valence-corrected chi connectivity index (χ1v) is 13.7. The van der Waals surface area contributed by atoms with Crippen molar-refractivity contribution >= 4 is 23.9 Å². The van der Waals surface area contributed by atoms with Gasteiger partial charge in [-0.25, -0.2) is 4.79 Å². The number of benzene rings is 1. The van der Waals surface area contributed by atoms with Crippen LogP contribution in [0.15, 0.2) is 18.2 Å². The lowest BCUT2D eigenvalue weighted by Crippen LogP contribution is -2.59. The first-order valence-electron chi connectivity index (χ1n) is 13.7. The lowest BCUT2D eigenvalue weighted by Gasteiger charge is -2.44. The summed E-state index contributed by atoms with van der Waals surface area (Å²) in [4.78, 5) is 54.4. The van der Waals surface area contributed by atoms with Crippen LogP contribution in [0.25, 0.3) is 0 Å². The molecular weight excluding hydrogens is 498 g/mol. The minimum atomic E-state index is -1.00. The Balaban J connectivity index is 3.59. The van der Waals surface area contributed by atoms with Gasteiger partial charge in [0, 0.05) is 12.1 Å². The van der Waals surface area contributed by atoms with E-state index in [0.717, 1.165) is 11.1 Å². The molecule has 1 aromatic rings. The number of carbonyl (C=O) groups excluding carboxylic acids is 4. The van der Waals surface area contributed by atoms with E-state index in [0.29, 0.717) is 12.0 Å². The molecule has 0 saturated heterocycles. The van der Waals surface area contributed by atoms with Crippen molar-refractivity contribution in [3.8, 4) is 0 Å². The lowest BCUT2D eigenvalue weighted by atomic mass is 9.89. The minimum Gasteiger partial charge on any atom is -0.466 e. The number of rotatable bonds is 11. The van der Waals surface area contributed by atoms with Crippen molar-refractivity contribution in [2.24, 2.45) is 5.92 Å². The van der Waals surface area contributed by atoms with Gasteiger partial charge in [-0.2, -0.15) is 0 Å². The molecule has 0 heterocycles. The van der Waals surface area contributed by atoms with Gasteiger partial charge in [0.2, 0.25) is 11.8 Å². The van der Waals surface area contributed by atoms with Crippen LogP contribution in [0.5, 0.6) is 0 Å². The van der Waals surface area contributed by atoms with Crippen LogP contribution < -0.4 is 10.6 Å². The van der Waals surface area contributed by atoms with Gasteiger partial charge in [-0.15, -0.1) is 0 Å². The van der Waals surface area contributed by atoms with Gasteiger partial charge < -0.3 is 25.0 Å². The molecule has 9 nitrogen and oxygen atoms in total. The molecule has 0 aliphatic carbocycles. The fourth-order valence-electron chi connectivity index (χ4n) is 4.41. The summed E-state index contributed by atoms with van der Waals surface area (Å²) in [6, 6.07) is 3.78. The molecule has 0 aromatic heterocycles. The van der Waals surface area contributed by atoms with Crippen molar-refractivity contribution in [1.29, 1.82) is 0 Å². The maximum Gasteiger partial charge on any atom is 0.408 e. The van der Waals surface area contributed by atoms with Crippen molar-refractivity contribution in [1.82, 2.24) is 15.5 Å². The summed E-state index contributed by atoms with van der Waals surface area (Å²) in [5.41, 5.74) is 0.861. The number of hydrogen-bond acceptors (Lipinski definition) is 6. The first-order chi connectivity index (χ1) is 17.9. The van der Waals surface area contributed by atoms with E-state index in [1.807, 2.05) is 66.7 Å². The van der Waals surface area contributed by atoms with Crippen LogP contribution >= 0.6 is 0 Å². The standard InChI is InChI=1S/C30H49N3O6/c1-12-38-23(34)16-17-31-26(35)25(24-20(4)14-13-15-21(24)5)33(29(6,7)8)27(36)22(18-19(2)3)32-28(37)39-30(9,10)11/h13-15,19,22,25H,12,16-18H2,1-11H3,(H,31,35)(H,32,37). The third kappa shape index (κ3) is 10.9. The molecule has 1 aromatic carbocycles. The monoisotopic (exact) mass is 547 g/mol. The molecule has 2 N–H and O–H groups in total. The minimum absolute atomic E-state index is 0.0126. The molecule has 2 atom stereocenters. The molecule has 220 valence electrons. The van der Waals surface area contributed by atoms with Crippen LogP contribution in [0.3, 0.4) is 0 Å². The molecule has 3 amide bonds. The highest BCUT2D eigenvalue weighted by atomic mass is 16.6. The number of aryl methyl sites for hydroxylation is 2. The Bertz CT molecular complexity index is 987. The number of nitrogens with zero attached hydrogens (tertiary/aromatic N) is 1. The van der Waals surface area contributed by atoms with Gasteiger partial charge in [0.1, 0.15) is 17.7 Å².